The van der Waals surface area contributed by atoms with E-state index in [4.69, 9.17) is 0 Å². The molecule has 1 aliphatic heterocycles. The van der Waals surface area contributed by atoms with Crippen molar-refractivity contribution in [3.8, 4) is 5.75 Å². The maximum Gasteiger partial charge on any atom is 0.152 e. The number of benzene rings is 1. The Morgan fingerprint density at radius 2 is 2.21 bits per heavy atom. The van der Waals surface area contributed by atoms with Gasteiger partial charge in [0.2, 0.25) is 0 Å². The van der Waals surface area contributed by atoms with Crippen LogP contribution in [0.3, 0.4) is 0 Å². The Kier molecular flexibility index (Phi) is 2.87. The van der Waals surface area contributed by atoms with E-state index >= 15 is 0 Å². The van der Waals surface area contributed by atoms with Gasteiger partial charge in [0.15, 0.2) is 9.84 Å². The normalized spacial score (nSPS) is 32.4. The molecule has 4 nitrogen and oxygen atoms in total. The highest BCUT2D eigenvalue weighted by molar-refractivity contribution is 7.91. The van der Waals surface area contributed by atoms with Crippen LogP contribution in [-0.2, 0) is 16.3 Å². The van der Waals surface area contributed by atoms with Crippen LogP contribution in [0.2, 0.25) is 0 Å². The van der Waals surface area contributed by atoms with Crippen LogP contribution >= 0.6 is 0 Å². The molecule has 2 atom stereocenters. The van der Waals surface area contributed by atoms with Crippen molar-refractivity contribution in [1.29, 1.82) is 0 Å². The number of hydrogen-bond acceptors (Lipinski definition) is 4. The first-order valence-electron chi connectivity index (χ1n) is 6.67. The van der Waals surface area contributed by atoms with Gasteiger partial charge < -0.3 is 10.4 Å². The third kappa shape index (κ3) is 2.37. The molecule has 1 aromatic carbocycles. The first-order chi connectivity index (χ1) is 8.89. The van der Waals surface area contributed by atoms with Gasteiger partial charge in [-0.3, -0.25) is 0 Å². The van der Waals surface area contributed by atoms with E-state index < -0.39 is 9.84 Å². The van der Waals surface area contributed by atoms with Crippen LogP contribution in [0.1, 0.15) is 36.9 Å². The lowest BCUT2D eigenvalue weighted by Crippen LogP contribution is -2.44. The van der Waals surface area contributed by atoms with Gasteiger partial charge in [0.25, 0.3) is 0 Å². The summed E-state index contributed by atoms with van der Waals surface area (Å²) in [5.41, 5.74) is 1.78. The highest BCUT2D eigenvalue weighted by Crippen LogP contribution is 2.38. The monoisotopic (exact) mass is 281 g/mol. The molecule has 1 fully saturated rings. The molecule has 0 saturated carbocycles. The van der Waals surface area contributed by atoms with Crippen LogP contribution in [-0.4, -0.2) is 30.6 Å². The number of nitrogens with one attached hydrogen (secondary N) is 1. The molecule has 19 heavy (non-hydrogen) atoms. The van der Waals surface area contributed by atoms with E-state index in [-0.39, 0.29) is 23.1 Å². The SMILES string of the molecule is CC1(NC2CCc3c(O)cccc32)CCS(=O)(=O)C1. The molecular formula is C14H19NO3S. The van der Waals surface area contributed by atoms with Crippen molar-refractivity contribution < 1.29 is 13.5 Å². The van der Waals surface area contributed by atoms with Crippen molar-refractivity contribution in [2.24, 2.45) is 0 Å². The Morgan fingerprint density at radius 1 is 1.42 bits per heavy atom. The smallest absolute Gasteiger partial charge is 0.152 e. The van der Waals surface area contributed by atoms with Crippen molar-refractivity contribution in [2.75, 3.05) is 11.5 Å². The molecule has 5 heteroatoms. The van der Waals surface area contributed by atoms with Gasteiger partial charge in [0, 0.05) is 11.6 Å². The van der Waals surface area contributed by atoms with Crippen LogP contribution in [0.15, 0.2) is 18.2 Å². The van der Waals surface area contributed by atoms with Gasteiger partial charge >= 0.3 is 0 Å². The standard InChI is InChI=1S/C14H19NO3S/c1-14(7-8-19(17,18)9-14)15-12-6-5-11-10(12)3-2-4-13(11)16/h2-4,12,15-16H,5-9H2,1H3. The summed E-state index contributed by atoms with van der Waals surface area (Å²) >= 11 is 0. The maximum absolute atomic E-state index is 11.6. The van der Waals surface area contributed by atoms with E-state index in [0.717, 1.165) is 24.0 Å². The number of rotatable bonds is 2. The zero-order valence-electron chi connectivity index (χ0n) is 11.0. The highest BCUT2D eigenvalue weighted by atomic mass is 32.2. The summed E-state index contributed by atoms with van der Waals surface area (Å²) < 4.78 is 23.3. The van der Waals surface area contributed by atoms with E-state index in [9.17, 15) is 13.5 Å². The second-order valence-electron chi connectivity index (χ2n) is 5.98. The largest absolute Gasteiger partial charge is 0.508 e. The second kappa shape index (κ2) is 4.21. The summed E-state index contributed by atoms with van der Waals surface area (Å²) in [6, 6.07) is 5.73. The van der Waals surface area contributed by atoms with E-state index in [1.165, 1.54) is 0 Å². The van der Waals surface area contributed by atoms with Crippen LogP contribution in [0.4, 0.5) is 0 Å². The van der Waals surface area contributed by atoms with E-state index in [0.29, 0.717) is 12.2 Å². The fraction of sp³-hybridized carbons (Fsp3) is 0.571. The zero-order valence-corrected chi connectivity index (χ0v) is 11.8. The Balaban J connectivity index is 1.82. The van der Waals surface area contributed by atoms with Gasteiger partial charge in [-0.2, -0.15) is 0 Å². The predicted molar refractivity (Wildman–Crippen MR) is 74.0 cm³/mol. The average molecular weight is 281 g/mol. The zero-order chi connectivity index (χ0) is 13.7. The second-order valence-corrected chi connectivity index (χ2v) is 8.17. The third-order valence-electron chi connectivity index (χ3n) is 4.27. The summed E-state index contributed by atoms with van der Waals surface area (Å²) in [6.07, 6.45) is 2.44. The molecule has 2 N–H and O–H groups in total. The Labute approximate surface area is 113 Å². The lowest BCUT2D eigenvalue weighted by molar-refractivity contribution is 0.341. The van der Waals surface area contributed by atoms with Crippen molar-refractivity contribution >= 4 is 9.84 Å². The molecule has 1 heterocycles. The Bertz CT molecular complexity index is 611. The van der Waals surface area contributed by atoms with E-state index in [1.54, 1.807) is 6.07 Å². The number of phenolic OH excluding ortho intramolecular Hbond substituents is 1. The molecule has 0 spiro atoms. The van der Waals surface area contributed by atoms with Gasteiger partial charge in [0.1, 0.15) is 5.75 Å². The predicted octanol–water partition coefficient (Wildman–Crippen LogP) is 1.55. The molecule has 0 amide bonds. The number of phenols is 1. The van der Waals surface area contributed by atoms with Gasteiger partial charge in [-0.05, 0) is 43.4 Å². The molecule has 0 aromatic heterocycles. The first kappa shape index (κ1) is 12.9. The van der Waals surface area contributed by atoms with Gasteiger partial charge in [0.05, 0.1) is 11.5 Å². The van der Waals surface area contributed by atoms with Crippen LogP contribution in [0.25, 0.3) is 0 Å². The van der Waals surface area contributed by atoms with Crippen LogP contribution in [0, 0.1) is 0 Å². The Morgan fingerprint density at radius 3 is 2.89 bits per heavy atom. The molecule has 1 aliphatic carbocycles. The summed E-state index contributed by atoms with van der Waals surface area (Å²) in [6.45, 7) is 1.98. The summed E-state index contributed by atoms with van der Waals surface area (Å²) in [4.78, 5) is 0. The molecule has 2 unspecified atom stereocenters. The van der Waals surface area contributed by atoms with Gasteiger partial charge in [-0.25, -0.2) is 8.42 Å². The Hall–Kier alpha value is -1.07. The van der Waals surface area contributed by atoms with Crippen molar-refractivity contribution in [3.05, 3.63) is 29.3 Å². The molecule has 1 saturated heterocycles. The van der Waals surface area contributed by atoms with Gasteiger partial charge in [-0.15, -0.1) is 0 Å². The van der Waals surface area contributed by atoms with Gasteiger partial charge in [-0.1, -0.05) is 12.1 Å². The molecule has 2 aliphatic rings. The lowest BCUT2D eigenvalue weighted by Gasteiger charge is -2.29. The minimum absolute atomic E-state index is 0.153. The minimum atomic E-state index is -2.89. The number of aromatic hydroxyl groups is 1. The number of fused-ring (bicyclic) bond motifs is 1. The molecule has 3 rings (SSSR count). The minimum Gasteiger partial charge on any atom is -0.508 e. The van der Waals surface area contributed by atoms with Crippen molar-refractivity contribution in [1.82, 2.24) is 5.32 Å². The third-order valence-corrected chi connectivity index (χ3v) is 6.18. The average Bonchev–Trinajstić information content (AvgIpc) is 2.83. The molecular weight excluding hydrogens is 262 g/mol. The fourth-order valence-corrected chi connectivity index (χ4v) is 5.43. The maximum atomic E-state index is 11.6. The van der Waals surface area contributed by atoms with Crippen LogP contribution < -0.4 is 5.32 Å². The van der Waals surface area contributed by atoms with Crippen LogP contribution in [0.5, 0.6) is 5.75 Å². The summed E-state index contributed by atoms with van der Waals surface area (Å²) in [5, 5.41) is 13.3. The highest BCUT2D eigenvalue weighted by Gasteiger charge is 2.40. The molecule has 0 bridgehead atoms. The van der Waals surface area contributed by atoms with E-state index in [2.05, 4.69) is 5.32 Å². The summed E-state index contributed by atoms with van der Waals surface area (Å²) in [7, 11) is -2.89. The molecule has 104 valence electrons. The quantitative estimate of drug-likeness (QED) is 0.863. The number of sulfone groups is 1. The number of hydrogen-bond donors (Lipinski definition) is 2. The van der Waals surface area contributed by atoms with E-state index in [1.807, 2.05) is 19.1 Å². The van der Waals surface area contributed by atoms with Crippen molar-refractivity contribution in [2.45, 2.75) is 37.8 Å². The lowest BCUT2D eigenvalue weighted by atomic mass is 9.98. The topological polar surface area (TPSA) is 66.4 Å². The first-order valence-corrected chi connectivity index (χ1v) is 8.50. The molecule has 1 aromatic rings. The summed E-state index contributed by atoms with van der Waals surface area (Å²) in [5.74, 6) is 0.840. The fourth-order valence-electron chi connectivity index (χ4n) is 3.33. The molecule has 0 radical (unpaired) electrons. The van der Waals surface area contributed by atoms with Crippen molar-refractivity contribution in [3.63, 3.8) is 0 Å².